The fraction of sp³-hybridized carbons (Fsp3) is 0.814. The average molecular weight is 911 g/mol. The fourth-order valence-electron chi connectivity index (χ4n) is 8.10. The third-order valence-electron chi connectivity index (χ3n) is 12.3. The maximum absolute atomic E-state index is 12.8. The van der Waals surface area contributed by atoms with Crippen molar-refractivity contribution in [3.63, 3.8) is 0 Å². The van der Waals surface area contributed by atoms with Crippen molar-refractivity contribution in [3.8, 4) is 0 Å². The van der Waals surface area contributed by atoms with Gasteiger partial charge in [-0.25, -0.2) is 0 Å². The summed E-state index contributed by atoms with van der Waals surface area (Å²) in [5.74, 6) is -0.883. The molecule has 0 rings (SSSR count). The molecule has 0 aromatic rings. The summed E-state index contributed by atoms with van der Waals surface area (Å²) in [6.07, 6.45) is 65.3. The summed E-state index contributed by atoms with van der Waals surface area (Å²) < 4.78 is 16.8. The smallest absolute Gasteiger partial charge is 0.306 e. The standard InChI is InChI=1S/C59H106O6/c1-4-7-10-13-16-19-22-25-27-29-30-31-33-34-37-40-43-46-49-52-58(61)64-55-56(54-63-57(60)51-48-45-42-39-36-24-21-18-15-12-9-6-3)65-59(62)53-50-47-44-41-38-35-32-28-26-23-20-17-14-11-8-5-2/h8,11,17,20,26,28-30,56H,4-7,9-10,12-16,18-19,21-25,27,31-55H2,1-3H3/b11-8-,20-17-,28-26-,30-29-. The molecule has 0 aliphatic heterocycles. The normalized spacial score (nSPS) is 12.4. The van der Waals surface area contributed by atoms with Gasteiger partial charge in [0.15, 0.2) is 6.10 Å². The molecule has 0 bridgehead atoms. The van der Waals surface area contributed by atoms with Crippen molar-refractivity contribution in [3.05, 3.63) is 48.6 Å². The number of unbranched alkanes of at least 4 members (excludes halogenated alkanes) is 32. The predicted molar refractivity (Wildman–Crippen MR) is 279 cm³/mol. The highest BCUT2D eigenvalue weighted by Crippen LogP contribution is 2.16. The van der Waals surface area contributed by atoms with E-state index in [1.54, 1.807) is 0 Å². The highest BCUT2D eigenvalue weighted by Gasteiger charge is 2.19. The molecule has 0 aliphatic carbocycles. The number of hydrogen-bond donors (Lipinski definition) is 0. The SMILES string of the molecule is CC/C=C\C/C=C\C/C=C\CCCCCCCCC(=O)OC(COC(=O)CCCCCCCCC/C=C\CCCCCCCCCC)COC(=O)CCCCCCCCCCCCCC. The van der Waals surface area contributed by atoms with Gasteiger partial charge in [-0.15, -0.1) is 0 Å². The van der Waals surface area contributed by atoms with Gasteiger partial charge in [-0.1, -0.05) is 243 Å². The minimum absolute atomic E-state index is 0.0772. The minimum atomic E-state index is -0.779. The van der Waals surface area contributed by atoms with Crippen LogP contribution in [0.25, 0.3) is 0 Å². The first-order valence-electron chi connectivity index (χ1n) is 28.1. The van der Waals surface area contributed by atoms with Crippen LogP contribution in [-0.2, 0) is 28.6 Å². The van der Waals surface area contributed by atoms with E-state index in [2.05, 4.69) is 69.4 Å². The fourth-order valence-corrected chi connectivity index (χ4v) is 8.10. The lowest BCUT2D eigenvalue weighted by Crippen LogP contribution is -2.30. The molecule has 0 radical (unpaired) electrons. The van der Waals surface area contributed by atoms with Crippen molar-refractivity contribution in [1.82, 2.24) is 0 Å². The topological polar surface area (TPSA) is 78.9 Å². The molecule has 0 spiro atoms. The van der Waals surface area contributed by atoms with Crippen LogP contribution in [0.15, 0.2) is 48.6 Å². The maximum atomic E-state index is 12.8. The number of allylic oxidation sites excluding steroid dienone is 8. The van der Waals surface area contributed by atoms with E-state index in [4.69, 9.17) is 14.2 Å². The number of rotatable bonds is 51. The molecule has 0 aromatic heterocycles. The van der Waals surface area contributed by atoms with Crippen molar-refractivity contribution in [2.75, 3.05) is 13.2 Å². The molecule has 378 valence electrons. The first-order valence-corrected chi connectivity index (χ1v) is 28.1. The molecule has 0 aromatic carbocycles. The molecule has 0 N–H and O–H groups in total. The van der Waals surface area contributed by atoms with Crippen LogP contribution in [0.1, 0.15) is 290 Å². The van der Waals surface area contributed by atoms with Gasteiger partial charge >= 0.3 is 17.9 Å². The van der Waals surface area contributed by atoms with Gasteiger partial charge in [0.25, 0.3) is 0 Å². The van der Waals surface area contributed by atoms with Gasteiger partial charge in [0, 0.05) is 19.3 Å². The molecule has 0 aliphatic rings. The zero-order valence-corrected chi connectivity index (χ0v) is 43.3. The summed E-state index contributed by atoms with van der Waals surface area (Å²) in [7, 11) is 0. The lowest BCUT2D eigenvalue weighted by atomic mass is 10.0. The molecule has 6 nitrogen and oxygen atoms in total. The van der Waals surface area contributed by atoms with Gasteiger partial charge in [0.2, 0.25) is 0 Å². The molecule has 0 fully saturated rings. The van der Waals surface area contributed by atoms with Gasteiger partial charge in [0.05, 0.1) is 0 Å². The van der Waals surface area contributed by atoms with E-state index in [1.807, 2.05) is 0 Å². The van der Waals surface area contributed by atoms with E-state index in [-0.39, 0.29) is 31.1 Å². The Morgan fingerprint density at radius 3 is 0.954 bits per heavy atom. The summed E-state index contributed by atoms with van der Waals surface area (Å²) in [4.78, 5) is 38.1. The van der Waals surface area contributed by atoms with E-state index in [0.717, 1.165) is 89.9 Å². The quantitative estimate of drug-likeness (QED) is 0.0262. The predicted octanol–water partition coefficient (Wildman–Crippen LogP) is 18.7. The number of carbonyl (C=O) groups is 3. The highest BCUT2D eigenvalue weighted by atomic mass is 16.6. The van der Waals surface area contributed by atoms with E-state index in [0.29, 0.717) is 19.3 Å². The van der Waals surface area contributed by atoms with Crippen molar-refractivity contribution >= 4 is 17.9 Å². The van der Waals surface area contributed by atoms with Crippen molar-refractivity contribution in [2.24, 2.45) is 0 Å². The molecule has 1 unspecified atom stereocenters. The second-order valence-corrected chi connectivity index (χ2v) is 18.8. The Balaban J connectivity index is 4.35. The van der Waals surface area contributed by atoms with Crippen LogP contribution in [-0.4, -0.2) is 37.2 Å². The van der Waals surface area contributed by atoms with Gasteiger partial charge in [0.1, 0.15) is 13.2 Å². The Hall–Kier alpha value is -2.63. The van der Waals surface area contributed by atoms with Gasteiger partial charge in [-0.3, -0.25) is 14.4 Å². The first-order chi connectivity index (χ1) is 32.0. The molecule has 65 heavy (non-hydrogen) atoms. The van der Waals surface area contributed by atoms with Crippen molar-refractivity contribution in [1.29, 1.82) is 0 Å². The van der Waals surface area contributed by atoms with Crippen molar-refractivity contribution in [2.45, 2.75) is 297 Å². The van der Waals surface area contributed by atoms with E-state index in [1.165, 1.54) is 161 Å². The second-order valence-electron chi connectivity index (χ2n) is 18.8. The molecular formula is C59H106O6. The van der Waals surface area contributed by atoms with Crippen LogP contribution in [0.3, 0.4) is 0 Å². The summed E-state index contributed by atoms with van der Waals surface area (Å²) in [5, 5.41) is 0. The van der Waals surface area contributed by atoms with Gasteiger partial charge < -0.3 is 14.2 Å². The Bertz CT molecular complexity index is 1140. The number of carbonyl (C=O) groups excluding carboxylic acids is 3. The Morgan fingerprint density at radius 1 is 0.323 bits per heavy atom. The molecule has 0 amide bonds. The summed E-state index contributed by atoms with van der Waals surface area (Å²) in [6, 6.07) is 0. The zero-order chi connectivity index (χ0) is 47.2. The monoisotopic (exact) mass is 911 g/mol. The number of ether oxygens (including phenoxy) is 3. The van der Waals surface area contributed by atoms with Crippen LogP contribution >= 0.6 is 0 Å². The van der Waals surface area contributed by atoms with E-state index >= 15 is 0 Å². The summed E-state index contributed by atoms with van der Waals surface area (Å²) in [6.45, 7) is 6.54. The lowest BCUT2D eigenvalue weighted by Gasteiger charge is -2.18. The van der Waals surface area contributed by atoms with Gasteiger partial charge in [-0.2, -0.15) is 0 Å². The van der Waals surface area contributed by atoms with Gasteiger partial charge in [-0.05, 0) is 77.0 Å². The zero-order valence-electron chi connectivity index (χ0n) is 43.3. The molecule has 6 heteroatoms. The second kappa shape index (κ2) is 54.0. The Kier molecular flexibility index (Phi) is 51.8. The Morgan fingerprint density at radius 2 is 0.600 bits per heavy atom. The van der Waals surface area contributed by atoms with Crippen LogP contribution in [0, 0.1) is 0 Å². The van der Waals surface area contributed by atoms with Crippen LogP contribution in [0.5, 0.6) is 0 Å². The third kappa shape index (κ3) is 52.2. The highest BCUT2D eigenvalue weighted by molar-refractivity contribution is 5.71. The molecular weight excluding hydrogens is 805 g/mol. The molecule has 0 heterocycles. The summed E-state index contributed by atoms with van der Waals surface area (Å²) >= 11 is 0. The van der Waals surface area contributed by atoms with Crippen LogP contribution in [0.2, 0.25) is 0 Å². The minimum Gasteiger partial charge on any atom is -0.462 e. The average Bonchev–Trinajstić information content (AvgIpc) is 3.30. The van der Waals surface area contributed by atoms with Crippen LogP contribution in [0.4, 0.5) is 0 Å². The Labute approximate surface area is 403 Å². The third-order valence-corrected chi connectivity index (χ3v) is 12.3. The number of esters is 3. The van der Waals surface area contributed by atoms with Crippen LogP contribution < -0.4 is 0 Å². The maximum Gasteiger partial charge on any atom is 0.306 e. The summed E-state index contributed by atoms with van der Waals surface area (Å²) in [5.41, 5.74) is 0. The van der Waals surface area contributed by atoms with Crippen molar-refractivity contribution < 1.29 is 28.6 Å². The molecule has 0 saturated heterocycles. The first kappa shape index (κ1) is 62.4. The molecule has 1 atom stereocenters. The number of hydrogen-bond acceptors (Lipinski definition) is 6. The largest absolute Gasteiger partial charge is 0.462 e. The molecule has 0 saturated carbocycles. The lowest BCUT2D eigenvalue weighted by molar-refractivity contribution is -0.167. The van der Waals surface area contributed by atoms with E-state index < -0.39 is 6.10 Å². The van der Waals surface area contributed by atoms with E-state index in [9.17, 15) is 14.4 Å².